The number of halogens is 1. The molecule has 0 fully saturated rings. The maximum absolute atomic E-state index is 4.75. The van der Waals surface area contributed by atoms with Crippen molar-refractivity contribution in [3.8, 4) is 0 Å². The van der Waals surface area contributed by atoms with Gasteiger partial charge < -0.3 is 10.2 Å². The third-order valence-electron chi connectivity index (χ3n) is 3.36. The van der Waals surface area contributed by atoms with Crippen LogP contribution in [0.1, 0.15) is 33.2 Å². The van der Waals surface area contributed by atoms with Gasteiger partial charge in [0.25, 0.3) is 0 Å². The Morgan fingerprint density at radius 2 is 2.00 bits per heavy atom. The predicted molar refractivity (Wildman–Crippen MR) is 115 cm³/mol. The number of aryl methyl sites for hydroxylation is 3. The first-order chi connectivity index (χ1) is 11.0. The van der Waals surface area contributed by atoms with Crippen molar-refractivity contribution >= 4 is 52.6 Å². The van der Waals surface area contributed by atoms with Crippen molar-refractivity contribution in [3.63, 3.8) is 0 Å². The Bertz CT molecular complexity index is 665. The lowest BCUT2D eigenvalue weighted by Gasteiger charge is -2.21. The van der Waals surface area contributed by atoms with E-state index in [4.69, 9.17) is 4.99 Å². The third kappa shape index (κ3) is 6.29. The van der Waals surface area contributed by atoms with Crippen LogP contribution in [0, 0.1) is 20.8 Å². The number of aliphatic imine (C=N–C) groups is 1. The van der Waals surface area contributed by atoms with Crippen LogP contribution >= 0.6 is 46.7 Å². The summed E-state index contributed by atoms with van der Waals surface area (Å²) < 4.78 is 0. The fraction of sp³-hybridized carbons (Fsp3) is 0.562. The van der Waals surface area contributed by atoms with Gasteiger partial charge in [-0.15, -0.1) is 46.7 Å². The first kappa shape index (κ1) is 21.3. The van der Waals surface area contributed by atoms with Gasteiger partial charge in [0.15, 0.2) is 5.96 Å². The topological polar surface area (TPSA) is 53.4 Å². The Morgan fingerprint density at radius 3 is 2.54 bits per heavy atom. The molecule has 0 unspecified atom stereocenters. The van der Waals surface area contributed by atoms with Crippen molar-refractivity contribution in [2.75, 3.05) is 20.1 Å². The first-order valence-electron chi connectivity index (χ1n) is 7.83. The molecule has 2 rings (SSSR count). The van der Waals surface area contributed by atoms with E-state index in [-0.39, 0.29) is 24.0 Å². The molecule has 0 aliphatic carbocycles. The van der Waals surface area contributed by atoms with Crippen LogP contribution in [0.25, 0.3) is 0 Å². The van der Waals surface area contributed by atoms with Crippen molar-refractivity contribution < 1.29 is 0 Å². The van der Waals surface area contributed by atoms with Gasteiger partial charge in [-0.25, -0.2) is 9.97 Å². The summed E-state index contributed by atoms with van der Waals surface area (Å²) >= 11 is 3.46. The maximum Gasteiger partial charge on any atom is 0.194 e. The smallest absolute Gasteiger partial charge is 0.194 e. The van der Waals surface area contributed by atoms with E-state index >= 15 is 0 Å². The normalized spacial score (nSPS) is 11.3. The molecule has 5 nitrogen and oxygen atoms in total. The average molecular weight is 479 g/mol. The van der Waals surface area contributed by atoms with Crippen molar-refractivity contribution in [2.24, 2.45) is 4.99 Å². The molecule has 0 aliphatic heterocycles. The van der Waals surface area contributed by atoms with Crippen LogP contribution in [0.3, 0.4) is 0 Å². The average Bonchev–Trinajstić information content (AvgIpc) is 3.03. The summed E-state index contributed by atoms with van der Waals surface area (Å²) in [6, 6.07) is 0. The van der Waals surface area contributed by atoms with Gasteiger partial charge in [-0.05, 0) is 27.7 Å². The lowest BCUT2D eigenvalue weighted by Crippen LogP contribution is -2.38. The summed E-state index contributed by atoms with van der Waals surface area (Å²) in [5.41, 5.74) is 2.23. The number of hydrogen-bond acceptors (Lipinski definition) is 5. The highest BCUT2D eigenvalue weighted by molar-refractivity contribution is 14.0. The van der Waals surface area contributed by atoms with E-state index in [1.54, 1.807) is 22.7 Å². The quantitative estimate of drug-likeness (QED) is 0.389. The van der Waals surface area contributed by atoms with Crippen LogP contribution in [-0.4, -0.2) is 41.0 Å². The Kier molecular flexibility index (Phi) is 9.14. The van der Waals surface area contributed by atoms with Gasteiger partial charge in [0.2, 0.25) is 0 Å². The van der Waals surface area contributed by atoms with Crippen LogP contribution in [0.4, 0.5) is 0 Å². The molecule has 0 aromatic carbocycles. The molecule has 0 amide bonds. The molecule has 0 radical (unpaired) electrons. The summed E-state index contributed by atoms with van der Waals surface area (Å²) in [4.78, 5) is 17.2. The summed E-state index contributed by atoms with van der Waals surface area (Å²) in [5, 5.41) is 7.70. The van der Waals surface area contributed by atoms with E-state index in [0.29, 0.717) is 0 Å². The fourth-order valence-corrected chi connectivity index (χ4v) is 3.87. The molecule has 24 heavy (non-hydrogen) atoms. The number of rotatable bonds is 6. The number of hydrogen-bond donors (Lipinski definition) is 1. The van der Waals surface area contributed by atoms with E-state index in [1.165, 1.54) is 4.88 Å². The molecule has 2 aromatic rings. The van der Waals surface area contributed by atoms with E-state index < -0.39 is 0 Å². The molecule has 2 heterocycles. The minimum Gasteiger partial charge on any atom is -0.357 e. The molecule has 0 spiro atoms. The van der Waals surface area contributed by atoms with Crippen molar-refractivity contribution in [2.45, 2.75) is 40.7 Å². The second-order valence-electron chi connectivity index (χ2n) is 5.44. The van der Waals surface area contributed by atoms with E-state index in [1.807, 2.05) is 6.92 Å². The maximum atomic E-state index is 4.75. The molecular formula is C16H26IN5S2. The highest BCUT2D eigenvalue weighted by Crippen LogP contribution is 2.17. The zero-order valence-corrected chi connectivity index (χ0v) is 18.9. The van der Waals surface area contributed by atoms with Gasteiger partial charge >= 0.3 is 0 Å². The lowest BCUT2D eigenvalue weighted by atomic mass is 10.3. The van der Waals surface area contributed by atoms with Crippen LogP contribution in [0.15, 0.2) is 10.4 Å². The zero-order valence-electron chi connectivity index (χ0n) is 14.9. The Morgan fingerprint density at radius 1 is 1.25 bits per heavy atom. The molecular weight excluding hydrogens is 453 g/mol. The predicted octanol–water partition coefficient (Wildman–Crippen LogP) is 3.78. The van der Waals surface area contributed by atoms with Crippen LogP contribution in [0.2, 0.25) is 0 Å². The molecule has 134 valence electrons. The SMILES string of the molecule is CCNC(=NCCc1sc(C)nc1C)N(C)Cc1csc(C)n1.I. The summed E-state index contributed by atoms with van der Waals surface area (Å²) in [7, 11) is 2.05. The molecule has 0 atom stereocenters. The van der Waals surface area contributed by atoms with Gasteiger partial charge in [-0.1, -0.05) is 0 Å². The van der Waals surface area contributed by atoms with Crippen molar-refractivity contribution in [1.82, 2.24) is 20.2 Å². The number of nitrogens with one attached hydrogen (secondary N) is 1. The van der Waals surface area contributed by atoms with Gasteiger partial charge in [0, 0.05) is 36.8 Å². The van der Waals surface area contributed by atoms with Crippen molar-refractivity contribution in [1.29, 1.82) is 0 Å². The number of guanidine groups is 1. The summed E-state index contributed by atoms with van der Waals surface area (Å²) in [5.74, 6) is 0.928. The Labute approximate surface area is 169 Å². The standard InChI is InChI=1S/C16H25N5S2.HI/c1-6-17-16(21(5)9-14-10-22-12(3)20-14)18-8-7-15-11(2)19-13(4)23-15;/h10H,6-9H2,1-5H3,(H,17,18);1H. The van der Waals surface area contributed by atoms with Crippen molar-refractivity contribution in [3.05, 3.63) is 31.7 Å². The molecule has 2 aromatic heterocycles. The van der Waals surface area contributed by atoms with E-state index in [2.05, 4.69) is 53.4 Å². The van der Waals surface area contributed by atoms with Gasteiger partial charge in [-0.2, -0.15) is 0 Å². The minimum atomic E-state index is 0. The molecule has 0 saturated carbocycles. The molecule has 0 saturated heterocycles. The number of thiazole rings is 2. The summed E-state index contributed by atoms with van der Waals surface area (Å²) in [6.07, 6.45) is 0.940. The highest BCUT2D eigenvalue weighted by atomic mass is 127. The van der Waals surface area contributed by atoms with Crippen LogP contribution in [0.5, 0.6) is 0 Å². The van der Waals surface area contributed by atoms with Crippen LogP contribution < -0.4 is 5.32 Å². The Hall–Kier alpha value is -0.740. The molecule has 1 N–H and O–H groups in total. The van der Waals surface area contributed by atoms with E-state index in [0.717, 1.165) is 53.4 Å². The van der Waals surface area contributed by atoms with Crippen LogP contribution in [-0.2, 0) is 13.0 Å². The van der Waals surface area contributed by atoms with E-state index in [9.17, 15) is 0 Å². The second kappa shape index (κ2) is 10.3. The van der Waals surface area contributed by atoms with Gasteiger partial charge in [0.1, 0.15) is 0 Å². The molecule has 0 aliphatic rings. The zero-order chi connectivity index (χ0) is 16.8. The second-order valence-corrected chi connectivity index (χ2v) is 7.79. The summed E-state index contributed by atoms with van der Waals surface area (Å²) in [6.45, 7) is 10.7. The highest BCUT2D eigenvalue weighted by Gasteiger charge is 2.09. The number of aromatic nitrogens is 2. The van der Waals surface area contributed by atoms with Gasteiger partial charge in [-0.3, -0.25) is 4.99 Å². The minimum absolute atomic E-state index is 0. The number of nitrogens with zero attached hydrogens (tertiary/aromatic N) is 4. The fourth-order valence-electron chi connectivity index (χ4n) is 2.34. The molecule has 0 bridgehead atoms. The molecule has 8 heteroatoms. The Balaban J connectivity index is 0.00000288. The largest absolute Gasteiger partial charge is 0.357 e. The third-order valence-corrected chi connectivity index (χ3v) is 5.32. The lowest BCUT2D eigenvalue weighted by molar-refractivity contribution is 0.471. The monoisotopic (exact) mass is 479 g/mol. The van der Waals surface area contributed by atoms with Gasteiger partial charge in [0.05, 0.1) is 27.9 Å². The first-order valence-corrected chi connectivity index (χ1v) is 9.52.